The molecule has 2 rings (SSSR count). The van der Waals surface area contributed by atoms with Gasteiger partial charge in [0.05, 0.1) is 0 Å². The van der Waals surface area contributed by atoms with E-state index in [4.69, 9.17) is 4.74 Å². The molecule has 0 heterocycles. The van der Waals surface area contributed by atoms with Crippen LogP contribution in [-0.2, 0) is 10.2 Å². The second-order valence-electron chi connectivity index (χ2n) is 5.84. The highest BCUT2D eigenvalue weighted by Crippen LogP contribution is 2.36. The molecule has 3 heteroatoms. The van der Waals surface area contributed by atoms with E-state index < -0.39 is 5.97 Å². The molecule has 22 heavy (non-hydrogen) atoms. The SMILES string of the molecule is C=C(C)C(=O)Oc1cc(C(C)(C)c2ccccc2)ccc1O. The molecule has 0 saturated heterocycles. The lowest BCUT2D eigenvalue weighted by Crippen LogP contribution is -2.19. The van der Waals surface area contributed by atoms with E-state index >= 15 is 0 Å². The average molecular weight is 296 g/mol. The van der Waals surface area contributed by atoms with Crippen molar-refractivity contribution in [1.29, 1.82) is 0 Å². The summed E-state index contributed by atoms with van der Waals surface area (Å²) in [5.74, 6) is -0.471. The van der Waals surface area contributed by atoms with Gasteiger partial charge in [0.1, 0.15) is 0 Å². The molecule has 0 aliphatic heterocycles. The van der Waals surface area contributed by atoms with Gasteiger partial charge in [-0.25, -0.2) is 4.79 Å². The number of carbonyl (C=O) groups is 1. The number of hydrogen-bond donors (Lipinski definition) is 1. The lowest BCUT2D eigenvalue weighted by Gasteiger charge is -2.26. The second kappa shape index (κ2) is 6.06. The van der Waals surface area contributed by atoms with Crippen LogP contribution in [0.15, 0.2) is 60.7 Å². The monoisotopic (exact) mass is 296 g/mol. The van der Waals surface area contributed by atoms with E-state index in [2.05, 4.69) is 20.4 Å². The Morgan fingerprint density at radius 2 is 1.73 bits per heavy atom. The van der Waals surface area contributed by atoms with Crippen molar-refractivity contribution in [3.63, 3.8) is 0 Å². The number of phenolic OH excluding ortho intramolecular Hbond substituents is 1. The largest absolute Gasteiger partial charge is 0.504 e. The highest BCUT2D eigenvalue weighted by atomic mass is 16.5. The smallest absolute Gasteiger partial charge is 0.338 e. The molecule has 0 radical (unpaired) electrons. The average Bonchev–Trinajstić information content (AvgIpc) is 2.50. The van der Waals surface area contributed by atoms with Crippen LogP contribution in [0.5, 0.6) is 11.5 Å². The van der Waals surface area contributed by atoms with Gasteiger partial charge in [-0.15, -0.1) is 0 Å². The predicted octanol–water partition coefficient (Wildman–Crippen LogP) is 4.20. The fraction of sp³-hybridized carbons (Fsp3) is 0.211. The number of phenols is 1. The van der Waals surface area contributed by atoms with Crippen molar-refractivity contribution in [2.75, 3.05) is 0 Å². The number of aromatic hydroxyl groups is 1. The molecule has 0 spiro atoms. The molecule has 0 atom stereocenters. The van der Waals surface area contributed by atoms with Gasteiger partial charge in [0.25, 0.3) is 0 Å². The van der Waals surface area contributed by atoms with Gasteiger partial charge >= 0.3 is 5.97 Å². The molecule has 0 aliphatic carbocycles. The first-order valence-electron chi connectivity index (χ1n) is 7.09. The van der Waals surface area contributed by atoms with E-state index in [0.29, 0.717) is 0 Å². The Morgan fingerprint density at radius 1 is 1.09 bits per heavy atom. The minimum Gasteiger partial charge on any atom is -0.504 e. The minimum absolute atomic E-state index is 0.0674. The van der Waals surface area contributed by atoms with E-state index in [0.717, 1.165) is 11.1 Å². The molecule has 0 aromatic heterocycles. The summed E-state index contributed by atoms with van der Waals surface area (Å²) in [6.45, 7) is 9.27. The van der Waals surface area contributed by atoms with Crippen LogP contribution >= 0.6 is 0 Å². The summed E-state index contributed by atoms with van der Waals surface area (Å²) in [4.78, 5) is 11.7. The molecule has 0 fully saturated rings. The molecule has 114 valence electrons. The highest BCUT2D eigenvalue weighted by Gasteiger charge is 2.24. The zero-order chi connectivity index (χ0) is 16.3. The highest BCUT2D eigenvalue weighted by molar-refractivity contribution is 5.89. The summed E-state index contributed by atoms with van der Waals surface area (Å²) in [5.41, 5.74) is 2.09. The van der Waals surface area contributed by atoms with Crippen molar-refractivity contribution >= 4 is 5.97 Å². The molecule has 1 N–H and O–H groups in total. The maximum atomic E-state index is 11.7. The first-order valence-corrected chi connectivity index (χ1v) is 7.09. The first-order chi connectivity index (χ1) is 10.3. The predicted molar refractivity (Wildman–Crippen MR) is 87.1 cm³/mol. The van der Waals surface area contributed by atoms with Crippen LogP contribution in [0.4, 0.5) is 0 Å². The Labute approximate surface area is 130 Å². The molecule has 0 saturated carbocycles. The summed E-state index contributed by atoms with van der Waals surface area (Å²) in [6.07, 6.45) is 0. The molecule has 2 aromatic carbocycles. The zero-order valence-electron chi connectivity index (χ0n) is 13.1. The van der Waals surface area contributed by atoms with E-state index in [1.807, 2.05) is 36.4 Å². The molecule has 0 aliphatic rings. The standard InChI is InChI=1S/C19H20O3/c1-13(2)18(21)22-17-12-15(10-11-16(17)20)19(3,4)14-8-6-5-7-9-14/h5-12,20H,1H2,2-4H3. The van der Waals surface area contributed by atoms with Crippen molar-refractivity contribution in [3.05, 3.63) is 71.8 Å². The van der Waals surface area contributed by atoms with Crippen LogP contribution in [-0.4, -0.2) is 11.1 Å². The van der Waals surface area contributed by atoms with Crippen molar-refractivity contribution in [3.8, 4) is 11.5 Å². The zero-order valence-corrected chi connectivity index (χ0v) is 13.1. The van der Waals surface area contributed by atoms with Gasteiger partial charge in [-0.05, 0) is 30.2 Å². The molecule has 3 nitrogen and oxygen atoms in total. The Balaban J connectivity index is 2.41. The molecule has 0 unspecified atom stereocenters. The third-order valence-corrected chi connectivity index (χ3v) is 3.73. The van der Waals surface area contributed by atoms with Crippen molar-refractivity contribution in [2.24, 2.45) is 0 Å². The summed E-state index contributed by atoms with van der Waals surface area (Å²) >= 11 is 0. The Morgan fingerprint density at radius 3 is 2.32 bits per heavy atom. The number of ether oxygens (including phenoxy) is 1. The van der Waals surface area contributed by atoms with Crippen molar-refractivity contribution in [2.45, 2.75) is 26.2 Å². The Bertz CT molecular complexity index is 700. The van der Waals surface area contributed by atoms with Gasteiger partial charge < -0.3 is 9.84 Å². The molecule has 0 bridgehead atoms. The number of benzene rings is 2. The lowest BCUT2D eigenvalue weighted by atomic mass is 9.78. The van der Waals surface area contributed by atoms with Gasteiger partial charge in [0.15, 0.2) is 11.5 Å². The molecular formula is C19H20O3. The van der Waals surface area contributed by atoms with Crippen LogP contribution in [0.2, 0.25) is 0 Å². The van der Waals surface area contributed by atoms with Crippen LogP contribution in [0, 0.1) is 0 Å². The van der Waals surface area contributed by atoms with E-state index in [1.54, 1.807) is 19.1 Å². The third-order valence-electron chi connectivity index (χ3n) is 3.73. The number of carbonyl (C=O) groups excluding carboxylic acids is 1. The van der Waals surface area contributed by atoms with Crippen molar-refractivity contribution in [1.82, 2.24) is 0 Å². The number of hydrogen-bond acceptors (Lipinski definition) is 3. The van der Waals surface area contributed by atoms with E-state index in [9.17, 15) is 9.90 Å². The topological polar surface area (TPSA) is 46.5 Å². The number of rotatable bonds is 4. The van der Waals surface area contributed by atoms with Crippen LogP contribution in [0.25, 0.3) is 0 Å². The van der Waals surface area contributed by atoms with E-state index in [-0.39, 0.29) is 22.5 Å². The first kappa shape index (κ1) is 15.8. The van der Waals surface area contributed by atoms with Gasteiger partial charge in [0, 0.05) is 11.0 Å². The van der Waals surface area contributed by atoms with Gasteiger partial charge in [-0.3, -0.25) is 0 Å². The van der Waals surface area contributed by atoms with Crippen LogP contribution < -0.4 is 4.74 Å². The van der Waals surface area contributed by atoms with Gasteiger partial charge in [0.2, 0.25) is 0 Å². The quantitative estimate of drug-likeness (QED) is 0.522. The van der Waals surface area contributed by atoms with Gasteiger partial charge in [-0.1, -0.05) is 56.8 Å². The second-order valence-corrected chi connectivity index (χ2v) is 5.84. The molecule has 0 amide bonds. The number of esters is 1. The minimum atomic E-state index is -0.551. The maximum absolute atomic E-state index is 11.7. The van der Waals surface area contributed by atoms with Crippen LogP contribution in [0.3, 0.4) is 0 Å². The Kier molecular flexibility index (Phi) is 4.36. The third kappa shape index (κ3) is 3.19. The molecule has 2 aromatic rings. The van der Waals surface area contributed by atoms with Crippen LogP contribution in [0.1, 0.15) is 31.9 Å². The normalized spacial score (nSPS) is 11.0. The summed E-state index contributed by atoms with van der Waals surface area (Å²) in [5, 5.41) is 9.90. The lowest BCUT2D eigenvalue weighted by molar-refractivity contribution is -0.130. The Hall–Kier alpha value is -2.55. The fourth-order valence-electron chi connectivity index (χ4n) is 2.19. The molecular weight excluding hydrogens is 276 g/mol. The summed E-state index contributed by atoms with van der Waals surface area (Å²) in [6, 6.07) is 15.1. The summed E-state index contributed by atoms with van der Waals surface area (Å²) in [7, 11) is 0. The maximum Gasteiger partial charge on any atom is 0.338 e. The fourth-order valence-corrected chi connectivity index (χ4v) is 2.19. The van der Waals surface area contributed by atoms with E-state index in [1.165, 1.54) is 0 Å². The van der Waals surface area contributed by atoms with Gasteiger partial charge in [-0.2, -0.15) is 0 Å². The van der Waals surface area contributed by atoms with Crippen molar-refractivity contribution < 1.29 is 14.6 Å². The summed E-state index contributed by atoms with van der Waals surface area (Å²) < 4.78 is 5.19.